The number of ether oxygens (including phenoxy) is 2. The van der Waals surface area contributed by atoms with Gasteiger partial charge in [-0.3, -0.25) is 14.5 Å². The van der Waals surface area contributed by atoms with Crippen molar-refractivity contribution in [2.75, 3.05) is 13.7 Å². The van der Waals surface area contributed by atoms with Gasteiger partial charge in [0.2, 0.25) is 0 Å². The van der Waals surface area contributed by atoms with Crippen molar-refractivity contribution in [1.29, 1.82) is 5.26 Å². The van der Waals surface area contributed by atoms with E-state index in [4.69, 9.17) is 9.47 Å². The number of rotatable bonds is 9. The highest BCUT2D eigenvalue weighted by molar-refractivity contribution is 6.19. The molecule has 1 saturated carbocycles. The first-order chi connectivity index (χ1) is 16.0. The average Bonchev–Trinajstić information content (AvgIpc) is 2.83. The summed E-state index contributed by atoms with van der Waals surface area (Å²) in [4.78, 5) is 27.7. The largest absolute Gasteiger partial charge is 0.493 e. The van der Waals surface area contributed by atoms with Crippen LogP contribution < -0.4 is 9.47 Å². The fourth-order valence-electron chi connectivity index (χ4n) is 4.54. The highest BCUT2D eigenvalue weighted by atomic mass is 16.5. The summed E-state index contributed by atoms with van der Waals surface area (Å²) in [7, 11) is 1.59. The summed E-state index contributed by atoms with van der Waals surface area (Å²) in [6.07, 6.45) is 10.9. The summed E-state index contributed by atoms with van der Waals surface area (Å²) in [6.45, 7) is 4.47. The number of amides is 2. The summed E-state index contributed by atoms with van der Waals surface area (Å²) in [5.74, 6) is 0.465. The Kier molecular flexibility index (Phi) is 8.71. The molecule has 0 radical (unpaired) electrons. The molecule has 1 aliphatic heterocycles. The van der Waals surface area contributed by atoms with Crippen LogP contribution in [0.25, 0.3) is 6.08 Å². The Morgan fingerprint density at radius 3 is 2.52 bits per heavy atom. The van der Waals surface area contributed by atoms with Gasteiger partial charge in [-0.1, -0.05) is 51.5 Å². The summed E-state index contributed by atoms with van der Waals surface area (Å²) in [5.41, 5.74) is 1.61. The highest BCUT2D eigenvalue weighted by Gasteiger charge is 2.39. The summed E-state index contributed by atoms with van der Waals surface area (Å²) >= 11 is 0. The van der Waals surface area contributed by atoms with Crippen molar-refractivity contribution in [3.05, 3.63) is 40.5 Å². The number of hydrogen-bond acceptors (Lipinski definition) is 5. The molecule has 1 aliphatic carbocycles. The maximum absolute atomic E-state index is 13.4. The lowest BCUT2D eigenvalue weighted by Gasteiger charge is -2.36. The van der Waals surface area contributed by atoms with Gasteiger partial charge in [0.25, 0.3) is 11.8 Å². The lowest BCUT2D eigenvalue weighted by molar-refractivity contribution is -0.143. The Hall–Kier alpha value is -3.07. The zero-order chi connectivity index (χ0) is 23.8. The first-order valence-electron chi connectivity index (χ1n) is 12.0. The lowest BCUT2D eigenvalue weighted by atomic mass is 9.88. The van der Waals surface area contributed by atoms with Crippen LogP contribution in [0.3, 0.4) is 0 Å². The van der Waals surface area contributed by atoms with E-state index in [1.165, 1.54) is 17.7 Å². The number of imide groups is 1. The SMILES string of the molecule is CCCCCCOc1ccc(/C=C2/C(=O)N(C3CCCCC3)C(=O)C(C#N)=C2C)cc1OC. The number of methoxy groups -OCH3 is 1. The van der Waals surface area contributed by atoms with Crippen molar-refractivity contribution in [2.45, 2.75) is 77.7 Å². The molecule has 3 rings (SSSR count). The molecule has 0 unspecified atom stereocenters. The van der Waals surface area contributed by atoms with E-state index in [0.29, 0.717) is 29.3 Å². The maximum atomic E-state index is 13.4. The zero-order valence-corrected chi connectivity index (χ0v) is 20.0. The van der Waals surface area contributed by atoms with Crippen molar-refractivity contribution in [3.63, 3.8) is 0 Å². The molecule has 6 heteroatoms. The van der Waals surface area contributed by atoms with Crippen molar-refractivity contribution >= 4 is 17.9 Å². The van der Waals surface area contributed by atoms with Crippen molar-refractivity contribution in [1.82, 2.24) is 4.90 Å². The molecule has 0 N–H and O–H groups in total. The minimum atomic E-state index is -0.464. The summed E-state index contributed by atoms with van der Waals surface area (Å²) in [6, 6.07) is 7.41. The van der Waals surface area contributed by atoms with E-state index in [1.807, 2.05) is 24.3 Å². The average molecular weight is 451 g/mol. The Bertz CT molecular complexity index is 980. The molecule has 2 amide bonds. The first kappa shape index (κ1) is 24.6. The summed E-state index contributed by atoms with van der Waals surface area (Å²) in [5, 5.41) is 9.64. The normalized spacial score (nSPS) is 18.6. The number of hydrogen-bond donors (Lipinski definition) is 0. The highest BCUT2D eigenvalue weighted by Crippen LogP contribution is 2.34. The van der Waals surface area contributed by atoms with Gasteiger partial charge in [-0.25, -0.2) is 0 Å². The van der Waals surface area contributed by atoms with Crippen molar-refractivity contribution in [2.24, 2.45) is 0 Å². The predicted octanol–water partition coefficient (Wildman–Crippen LogP) is 5.58. The predicted molar refractivity (Wildman–Crippen MR) is 128 cm³/mol. The summed E-state index contributed by atoms with van der Waals surface area (Å²) < 4.78 is 11.4. The van der Waals surface area contributed by atoms with E-state index in [0.717, 1.165) is 50.5 Å². The Morgan fingerprint density at radius 2 is 1.85 bits per heavy atom. The molecule has 0 atom stereocenters. The van der Waals surface area contributed by atoms with Gasteiger partial charge in [-0.05, 0) is 55.5 Å². The van der Waals surface area contributed by atoms with Gasteiger partial charge in [0.15, 0.2) is 11.5 Å². The molecule has 176 valence electrons. The quantitative estimate of drug-likeness (QED) is 0.279. The molecule has 2 aliphatic rings. The van der Waals surface area contributed by atoms with Gasteiger partial charge in [-0.2, -0.15) is 5.26 Å². The van der Waals surface area contributed by atoms with E-state index in [2.05, 4.69) is 6.92 Å². The third kappa shape index (κ3) is 5.65. The molecule has 0 saturated heterocycles. The number of unbranched alkanes of at least 4 members (excludes halogenated alkanes) is 3. The molecule has 0 aromatic heterocycles. The topological polar surface area (TPSA) is 79.6 Å². The van der Waals surface area contributed by atoms with E-state index in [-0.39, 0.29) is 17.5 Å². The van der Waals surface area contributed by atoms with Gasteiger partial charge in [0.1, 0.15) is 11.6 Å². The molecule has 6 nitrogen and oxygen atoms in total. The minimum absolute atomic E-state index is 0.0467. The lowest BCUT2D eigenvalue weighted by Crippen LogP contribution is -2.49. The number of carbonyl (C=O) groups excluding carboxylic acids is 2. The second-order valence-corrected chi connectivity index (χ2v) is 8.76. The van der Waals surface area contributed by atoms with E-state index < -0.39 is 5.91 Å². The van der Waals surface area contributed by atoms with Gasteiger partial charge in [0, 0.05) is 11.6 Å². The van der Waals surface area contributed by atoms with Crippen LogP contribution in [-0.2, 0) is 9.59 Å². The fraction of sp³-hybridized carbons (Fsp3) is 0.519. The maximum Gasteiger partial charge on any atom is 0.271 e. The van der Waals surface area contributed by atoms with Crippen LogP contribution in [0.2, 0.25) is 0 Å². The zero-order valence-electron chi connectivity index (χ0n) is 20.0. The van der Waals surface area contributed by atoms with Crippen LogP contribution in [0.1, 0.15) is 77.2 Å². The molecular formula is C27H34N2O4. The number of nitrogens with zero attached hydrogens (tertiary/aromatic N) is 2. The van der Waals surface area contributed by atoms with Crippen LogP contribution in [-0.4, -0.2) is 36.5 Å². The molecule has 33 heavy (non-hydrogen) atoms. The first-order valence-corrected chi connectivity index (χ1v) is 12.0. The monoisotopic (exact) mass is 450 g/mol. The standard InChI is InChI=1S/C27H34N2O4/c1-4-5-6-10-15-33-24-14-13-20(17-25(24)32-3)16-22-19(2)23(18-28)27(31)29(26(22)30)21-11-8-7-9-12-21/h13-14,16-17,21H,4-12,15H2,1-3H3/b22-16+. The fourth-order valence-corrected chi connectivity index (χ4v) is 4.54. The van der Waals surface area contributed by atoms with Crippen LogP contribution in [0.15, 0.2) is 34.9 Å². The third-order valence-corrected chi connectivity index (χ3v) is 6.47. The van der Waals surface area contributed by atoms with Crippen LogP contribution in [0.5, 0.6) is 11.5 Å². The van der Waals surface area contributed by atoms with Crippen molar-refractivity contribution < 1.29 is 19.1 Å². The second-order valence-electron chi connectivity index (χ2n) is 8.76. The molecule has 1 fully saturated rings. The molecule has 0 bridgehead atoms. The Balaban J connectivity index is 1.88. The van der Waals surface area contributed by atoms with Gasteiger partial charge < -0.3 is 9.47 Å². The molecule has 1 heterocycles. The Labute approximate surface area is 196 Å². The van der Waals surface area contributed by atoms with Crippen molar-refractivity contribution in [3.8, 4) is 17.6 Å². The number of benzene rings is 1. The molecule has 0 spiro atoms. The van der Waals surface area contributed by atoms with Gasteiger partial charge in [0.05, 0.1) is 13.7 Å². The number of nitriles is 1. The molecule has 1 aromatic rings. The number of carbonyl (C=O) groups is 2. The van der Waals surface area contributed by atoms with Crippen LogP contribution in [0, 0.1) is 11.3 Å². The minimum Gasteiger partial charge on any atom is -0.493 e. The van der Waals surface area contributed by atoms with E-state index >= 15 is 0 Å². The van der Waals surface area contributed by atoms with Gasteiger partial charge in [-0.15, -0.1) is 0 Å². The van der Waals surface area contributed by atoms with Gasteiger partial charge >= 0.3 is 0 Å². The smallest absolute Gasteiger partial charge is 0.271 e. The molecule has 1 aromatic carbocycles. The molecular weight excluding hydrogens is 416 g/mol. The van der Waals surface area contributed by atoms with Crippen LogP contribution in [0.4, 0.5) is 0 Å². The second kappa shape index (κ2) is 11.7. The third-order valence-electron chi connectivity index (χ3n) is 6.47. The van der Waals surface area contributed by atoms with E-state index in [9.17, 15) is 14.9 Å². The Morgan fingerprint density at radius 1 is 1.09 bits per heavy atom. The van der Waals surface area contributed by atoms with Crippen LogP contribution >= 0.6 is 0 Å². The van der Waals surface area contributed by atoms with E-state index in [1.54, 1.807) is 20.1 Å².